The van der Waals surface area contributed by atoms with Gasteiger partial charge in [0.05, 0.1) is 12.0 Å². The van der Waals surface area contributed by atoms with Crippen molar-refractivity contribution < 1.29 is 14.0 Å². The van der Waals surface area contributed by atoms with Crippen molar-refractivity contribution in [3.8, 4) is 0 Å². The summed E-state index contributed by atoms with van der Waals surface area (Å²) in [6, 6.07) is 23.8. The van der Waals surface area contributed by atoms with Crippen LogP contribution in [0.2, 0.25) is 0 Å². The lowest BCUT2D eigenvalue weighted by molar-refractivity contribution is -0.121. The number of nitrogens with one attached hydrogen (secondary N) is 1. The molecule has 2 aromatic carbocycles. The second-order valence-corrected chi connectivity index (χ2v) is 8.10. The maximum Gasteiger partial charge on any atom is 0.290 e. The summed E-state index contributed by atoms with van der Waals surface area (Å²) in [7, 11) is 0. The fourth-order valence-electron chi connectivity index (χ4n) is 4.11. The first kappa shape index (κ1) is 21.4. The van der Waals surface area contributed by atoms with Gasteiger partial charge < -0.3 is 14.6 Å². The molecule has 0 spiro atoms. The predicted octanol–water partition coefficient (Wildman–Crippen LogP) is 5.05. The Morgan fingerprint density at radius 3 is 2.59 bits per heavy atom. The van der Waals surface area contributed by atoms with Crippen molar-refractivity contribution in [2.45, 2.75) is 19.0 Å². The molecule has 1 atom stereocenters. The number of amides is 2. The van der Waals surface area contributed by atoms with E-state index in [4.69, 9.17) is 4.42 Å². The Kier molecular flexibility index (Phi) is 6.03. The van der Waals surface area contributed by atoms with Gasteiger partial charge in [0.1, 0.15) is 6.04 Å². The van der Waals surface area contributed by atoms with Crippen LogP contribution in [0, 0.1) is 0 Å². The molecule has 1 N–H and O–H groups in total. The van der Waals surface area contributed by atoms with Crippen molar-refractivity contribution in [3.63, 3.8) is 0 Å². The molecule has 0 aliphatic carbocycles. The van der Waals surface area contributed by atoms with Gasteiger partial charge in [0, 0.05) is 24.8 Å². The zero-order valence-corrected chi connectivity index (χ0v) is 18.4. The van der Waals surface area contributed by atoms with Gasteiger partial charge >= 0.3 is 0 Å². The summed E-state index contributed by atoms with van der Waals surface area (Å²) in [5.41, 5.74) is 4.55. The Balaban J connectivity index is 1.37. The molecule has 2 amide bonds. The van der Waals surface area contributed by atoms with E-state index in [9.17, 15) is 9.59 Å². The maximum atomic E-state index is 13.4. The molecule has 0 bridgehead atoms. The highest BCUT2D eigenvalue weighted by molar-refractivity contribution is 6.00. The number of anilines is 1. The second kappa shape index (κ2) is 9.58. The lowest BCUT2D eigenvalue weighted by Crippen LogP contribution is -2.50. The lowest BCUT2D eigenvalue weighted by Gasteiger charge is -2.35. The zero-order chi connectivity index (χ0) is 23.3. The molecule has 4 aromatic rings. The van der Waals surface area contributed by atoms with Crippen LogP contribution in [0.5, 0.6) is 0 Å². The number of aromatic nitrogens is 1. The van der Waals surface area contributed by atoms with E-state index in [1.54, 1.807) is 23.2 Å². The number of pyridine rings is 1. The number of rotatable bonds is 5. The van der Waals surface area contributed by atoms with Crippen LogP contribution in [0.25, 0.3) is 12.2 Å². The second-order valence-electron chi connectivity index (χ2n) is 8.10. The summed E-state index contributed by atoms with van der Waals surface area (Å²) in [5, 5.41) is 3.00. The van der Waals surface area contributed by atoms with Gasteiger partial charge in [-0.2, -0.15) is 0 Å². The van der Waals surface area contributed by atoms with E-state index in [1.165, 1.54) is 6.26 Å². The van der Waals surface area contributed by atoms with Crippen LogP contribution in [0.1, 0.15) is 32.9 Å². The Labute approximate surface area is 197 Å². The molecule has 168 valence electrons. The van der Waals surface area contributed by atoms with Crippen molar-refractivity contribution in [1.29, 1.82) is 0 Å². The third kappa shape index (κ3) is 4.66. The van der Waals surface area contributed by atoms with Gasteiger partial charge in [-0.3, -0.25) is 14.6 Å². The largest absolute Gasteiger partial charge is 0.459 e. The molecule has 0 radical (unpaired) electrons. The molecule has 0 saturated heterocycles. The first-order chi connectivity index (χ1) is 16.7. The summed E-state index contributed by atoms with van der Waals surface area (Å²) in [5.74, 6) is -0.314. The minimum atomic E-state index is -0.653. The van der Waals surface area contributed by atoms with E-state index in [2.05, 4.69) is 10.3 Å². The number of carbonyl (C=O) groups excluding carboxylic acids is 2. The van der Waals surface area contributed by atoms with Crippen LogP contribution >= 0.6 is 0 Å². The molecule has 0 saturated carbocycles. The average molecular weight is 450 g/mol. The number of fused-ring (bicyclic) bond motifs is 1. The molecule has 6 heteroatoms. The van der Waals surface area contributed by atoms with E-state index in [0.29, 0.717) is 18.7 Å². The van der Waals surface area contributed by atoms with Crippen LogP contribution in [-0.4, -0.2) is 27.7 Å². The highest BCUT2D eigenvalue weighted by atomic mass is 16.3. The number of furan rings is 1. The maximum absolute atomic E-state index is 13.4. The molecule has 1 aliphatic rings. The van der Waals surface area contributed by atoms with E-state index < -0.39 is 6.04 Å². The summed E-state index contributed by atoms with van der Waals surface area (Å²) in [6.07, 6.45) is 7.51. The number of carbonyl (C=O) groups is 2. The van der Waals surface area contributed by atoms with Crippen LogP contribution < -0.4 is 5.32 Å². The van der Waals surface area contributed by atoms with Crippen molar-refractivity contribution in [2.24, 2.45) is 0 Å². The Morgan fingerprint density at radius 2 is 1.79 bits per heavy atom. The molecule has 0 fully saturated rings. The predicted molar refractivity (Wildman–Crippen MR) is 131 cm³/mol. The number of hydrogen-bond acceptors (Lipinski definition) is 4. The molecular formula is C28H23N3O3. The van der Waals surface area contributed by atoms with Gasteiger partial charge in [-0.05, 0) is 59.2 Å². The smallest absolute Gasteiger partial charge is 0.290 e. The molecule has 1 aliphatic heterocycles. The molecular weight excluding hydrogens is 426 g/mol. The van der Waals surface area contributed by atoms with Crippen LogP contribution in [0.3, 0.4) is 0 Å². The molecule has 2 aromatic heterocycles. The third-order valence-electron chi connectivity index (χ3n) is 5.83. The van der Waals surface area contributed by atoms with Crippen molar-refractivity contribution in [2.75, 3.05) is 5.32 Å². The molecule has 34 heavy (non-hydrogen) atoms. The van der Waals surface area contributed by atoms with E-state index in [-0.39, 0.29) is 17.6 Å². The van der Waals surface area contributed by atoms with E-state index in [0.717, 1.165) is 22.4 Å². The van der Waals surface area contributed by atoms with Gasteiger partial charge in [-0.25, -0.2) is 0 Å². The van der Waals surface area contributed by atoms with Crippen molar-refractivity contribution in [1.82, 2.24) is 9.88 Å². The Morgan fingerprint density at radius 1 is 0.941 bits per heavy atom. The standard InChI is InChI=1S/C28H23N3O3/c32-27(30-24-11-5-7-20(17-24)13-14-23-10-3-4-15-29-23)25-18-21-8-1-2-9-22(21)19-31(25)28(33)26-12-6-16-34-26/h1-17,25H,18-19H2,(H,30,32). The minimum absolute atomic E-state index is 0.221. The normalized spacial score (nSPS) is 15.2. The quantitative estimate of drug-likeness (QED) is 0.463. The number of benzene rings is 2. The molecule has 5 rings (SSSR count). The van der Waals surface area contributed by atoms with Crippen LogP contribution in [-0.2, 0) is 17.8 Å². The third-order valence-corrected chi connectivity index (χ3v) is 5.83. The number of nitrogens with zero attached hydrogens (tertiary/aromatic N) is 2. The molecule has 6 nitrogen and oxygen atoms in total. The summed E-state index contributed by atoms with van der Waals surface area (Å²) >= 11 is 0. The SMILES string of the molecule is O=C(Nc1cccc(C=Cc2ccccn2)c1)C1Cc2ccccc2CN1C(=O)c1ccco1. The van der Waals surface area contributed by atoms with Crippen molar-refractivity contribution in [3.05, 3.63) is 119 Å². The highest BCUT2D eigenvalue weighted by Gasteiger charge is 2.36. The highest BCUT2D eigenvalue weighted by Crippen LogP contribution is 2.26. The number of hydrogen-bond donors (Lipinski definition) is 1. The van der Waals surface area contributed by atoms with Gasteiger partial charge in [0.15, 0.2) is 5.76 Å². The van der Waals surface area contributed by atoms with Crippen LogP contribution in [0.4, 0.5) is 5.69 Å². The van der Waals surface area contributed by atoms with Crippen LogP contribution in [0.15, 0.2) is 95.7 Å². The Bertz CT molecular complexity index is 1330. The van der Waals surface area contributed by atoms with Gasteiger partial charge in [-0.15, -0.1) is 0 Å². The summed E-state index contributed by atoms with van der Waals surface area (Å²) < 4.78 is 5.33. The fraction of sp³-hybridized carbons (Fsp3) is 0.107. The summed E-state index contributed by atoms with van der Waals surface area (Å²) in [4.78, 5) is 32.4. The van der Waals surface area contributed by atoms with Crippen molar-refractivity contribution >= 4 is 29.7 Å². The minimum Gasteiger partial charge on any atom is -0.459 e. The monoisotopic (exact) mass is 449 g/mol. The average Bonchev–Trinajstić information content (AvgIpc) is 3.42. The van der Waals surface area contributed by atoms with Gasteiger partial charge in [-0.1, -0.05) is 48.5 Å². The van der Waals surface area contributed by atoms with Gasteiger partial charge in [0.25, 0.3) is 5.91 Å². The first-order valence-corrected chi connectivity index (χ1v) is 11.1. The molecule has 3 heterocycles. The summed E-state index contributed by atoms with van der Waals surface area (Å²) in [6.45, 7) is 0.348. The topological polar surface area (TPSA) is 75.4 Å². The van der Waals surface area contributed by atoms with E-state index in [1.807, 2.05) is 78.9 Å². The fourth-order valence-corrected chi connectivity index (χ4v) is 4.11. The van der Waals surface area contributed by atoms with Gasteiger partial charge in [0.2, 0.25) is 5.91 Å². The Hall–Kier alpha value is -4.45. The lowest BCUT2D eigenvalue weighted by atomic mass is 9.93. The first-order valence-electron chi connectivity index (χ1n) is 11.1. The molecule has 1 unspecified atom stereocenters. The van der Waals surface area contributed by atoms with E-state index >= 15 is 0 Å². The zero-order valence-electron chi connectivity index (χ0n) is 18.4.